The van der Waals surface area contributed by atoms with Gasteiger partial charge in [0.05, 0.1) is 5.41 Å². The van der Waals surface area contributed by atoms with E-state index in [1.807, 2.05) is 0 Å². The lowest BCUT2D eigenvalue weighted by molar-refractivity contribution is 0.494. The molecule has 0 aromatic carbocycles. The normalized spacial score (nSPS) is 14.4. The van der Waals surface area contributed by atoms with Crippen molar-refractivity contribution in [3.63, 3.8) is 0 Å². The van der Waals surface area contributed by atoms with Gasteiger partial charge in [0.1, 0.15) is 0 Å². The van der Waals surface area contributed by atoms with Gasteiger partial charge in [-0.3, -0.25) is 4.55 Å². The first kappa shape index (κ1) is 11.1. The molecule has 0 rings (SSSR count). The standard InChI is InChI=1S/C3H3Br3O3S/c4-3(5,6)1-2-10(7,8)9/h1-2H,(H,7,8,9). The van der Waals surface area contributed by atoms with E-state index in [4.69, 9.17) is 4.55 Å². The molecule has 0 spiro atoms. The maximum absolute atomic E-state index is 10.1. The van der Waals surface area contributed by atoms with Crippen molar-refractivity contribution < 1.29 is 13.0 Å². The first-order valence-corrected chi connectivity index (χ1v) is 5.82. The van der Waals surface area contributed by atoms with Gasteiger partial charge in [-0.1, -0.05) is 47.8 Å². The number of allylic oxidation sites excluding steroid dienone is 1. The minimum atomic E-state index is -4.03. The highest BCUT2D eigenvalue weighted by molar-refractivity contribution is 9.39. The van der Waals surface area contributed by atoms with Gasteiger partial charge in [0.25, 0.3) is 10.1 Å². The highest BCUT2D eigenvalue weighted by Crippen LogP contribution is 2.34. The second kappa shape index (κ2) is 3.66. The topological polar surface area (TPSA) is 54.4 Å². The first-order valence-electron chi connectivity index (χ1n) is 1.94. The highest BCUT2D eigenvalue weighted by atomic mass is 80.0. The van der Waals surface area contributed by atoms with Crippen LogP contribution in [0.4, 0.5) is 0 Å². The lowest BCUT2D eigenvalue weighted by atomic mass is 10.8. The van der Waals surface area contributed by atoms with Crippen LogP contribution in [0.3, 0.4) is 0 Å². The van der Waals surface area contributed by atoms with Crippen LogP contribution in [0, 0.1) is 0 Å². The van der Waals surface area contributed by atoms with E-state index in [1.54, 1.807) is 0 Å². The summed E-state index contributed by atoms with van der Waals surface area (Å²) < 4.78 is 27.6. The van der Waals surface area contributed by atoms with Crippen molar-refractivity contribution in [3.8, 4) is 0 Å². The van der Waals surface area contributed by atoms with E-state index in [9.17, 15) is 8.42 Å². The Morgan fingerprint density at radius 2 is 1.70 bits per heavy atom. The van der Waals surface area contributed by atoms with Crippen molar-refractivity contribution in [2.75, 3.05) is 0 Å². The fourth-order valence-corrected chi connectivity index (χ4v) is 1.46. The van der Waals surface area contributed by atoms with Crippen LogP contribution in [0.5, 0.6) is 0 Å². The summed E-state index contributed by atoms with van der Waals surface area (Å²) in [6.45, 7) is 0. The number of hydrogen-bond acceptors (Lipinski definition) is 2. The van der Waals surface area contributed by atoms with E-state index >= 15 is 0 Å². The van der Waals surface area contributed by atoms with Crippen LogP contribution in [0.15, 0.2) is 11.5 Å². The maximum Gasteiger partial charge on any atom is 0.287 e. The molecule has 60 valence electrons. The molecule has 0 aromatic heterocycles. The zero-order valence-corrected chi connectivity index (χ0v) is 10.0. The molecule has 0 fully saturated rings. The van der Waals surface area contributed by atoms with Gasteiger partial charge in [0.2, 0.25) is 0 Å². The van der Waals surface area contributed by atoms with Crippen LogP contribution in [0.1, 0.15) is 0 Å². The van der Waals surface area contributed by atoms with Crippen LogP contribution >= 0.6 is 47.8 Å². The summed E-state index contributed by atoms with van der Waals surface area (Å²) in [5.74, 6) is 0. The van der Waals surface area contributed by atoms with Gasteiger partial charge in [0, 0.05) is 0 Å². The summed E-state index contributed by atoms with van der Waals surface area (Å²) in [6.07, 6.45) is 1.18. The van der Waals surface area contributed by atoms with Crippen molar-refractivity contribution in [3.05, 3.63) is 11.5 Å². The fourth-order valence-electron chi connectivity index (χ4n) is 0.163. The maximum atomic E-state index is 10.1. The van der Waals surface area contributed by atoms with Crippen molar-refractivity contribution in [1.82, 2.24) is 0 Å². The Kier molecular flexibility index (Phi) is 4.06. The Hall–Kier alpha value is 1.09. The molecule has 0 heterocycles. The van der Waals surface area contributed by atoms with Crippen LogP contribution in [-0.4, -0.2) is 15.1 Å². The van der Waals surface area contributed by atoms with Crippen LogP contribution in [0.25, 0.3) is 0 Å². The molecule has 0 bridgehead atoms. The molecular weight excluding hydrogens is 356 g/mol. The monoisotopic (exact) mass is 356 g/mol. The number of rotatable bonds is 1. The summed E-state index contributed by atoms with van der Waals surface area (Å²) in [4.78, 5) is 0. The van der Waals surface area contributed by atoms with Crippen LogP contribution < -0.4 is 0 Å². The third kappa shape index (κ3) is 9.09. The van der Waals surface area contributed by atoms with Gasteiger partial charge in [-0.25, -0.2) is 0 Å². The van der Waals surface area contributed by atoms with E-state index in [0.717, 1.165) is 0 Å². The molecule has 0 amide bonds. The Balaban J connectivity index is 4.31. The predicted molar refractivity (Wildman–Crippen MR) is 50.2 cm³/mol. The van der Waals surface area contributed by atoms with Gasteiger partial charge in [-0.2, -0.15) is 8.42 Å². The minimum Gasteiger partial charge on any atom is -0.282 e. The quantitative estimate of drug-likeness (QED) is 0.577. The first-order chi connectivity index (χ1) is 4.21. The molecule has 0 saturated heterocycles. The number of hydrogen-bond donors (Lipinski definition) is 1. The van der Waals surface area contributed by atoms with Crippen LogP contribution in [0.2, 0.25) is 0 Å². The Morgan fingerprint density at radius 3 is 1.80 bits per heavy atom. The second-order valence-corrected chi connectivity index (χ2v) is 9.61. The molecule has 3 nitrogen and oxygen atoms in total. The summed E-state index contributed by atoms with van der Waals surface area (Å²) in [7, 11) is -4.03. The lowest BCUT2D eigenvalue weighted by Gasteiger charge is -2.01. The SMILES string of the molecule is O=S(=O)(O)C=CC(Br)(Br)Br. The molecule has 0 aliphatic carbocycles. The van der Waals surface area contributed by atoms with Gasteiger partial charge >= 0.3 is 0 Å². The molecular formula is C3H3Br3O3S. The predicted octanol–water partition coefficient (Wildman–Crippen LogP) is 2.23. The van der Waals surface area contributed by atoms with E-state index in [1.165, 1.54) is 6.08 Å². The van der Waals surface area contributed by atoms with Crippen LogP contribution in [-0.2, 0) is 10.1 Å². The molecule has 0 unspecified atom stereocenters. The van der Waals surface area contributed by atoms with E-state index in [-0.39, 0.29) is 0 Å². The average Bonchev–Trinajstić information content (AvgIpc) is 1.57. The summed E-state index contributed by atoms with van der Waals surface area (Å²) >= 11 is 9.01. The number of halogens is 3. The summed E-state index contributed by atoms with van der Waals surface area (Å²) in [6, 6.07) is 0. The summed E-state index contributed by atoms with van der Waals surface area (Å²) in [5.41, 5.74) is 0. The number of alkyl halides is 3. The van der Waals surface area contributed by atoms with E-state index < -0.39 is 12.3 Å². The molecule has 10 heavy (non-hydrogen) atoms. The minimum absolute atomic E-state index is 0.658. The smallest absolute Gasteiger partial charge is 0.282 e. The molecule has 0 radical (unpaired) electrons. The molecule has 0 aliphatic heterocycles. The van der Waals surface area contributed by atoms with Gasteiger partial charge in [-0.15, -0.1) is 0 Å². The van der Waals surface area contributed by atoms with Crippen molar-refractivity contribution in [2.24, 2.45) is 0 Å². The largest absolute Gasteiger partial charge is 0.287 e. The fraction of sp³-hybridized carbons (Fsp3) is 0.333. The van der Waals surface area contributed by atoms with Gasteiger partial charge in [-0.05, 0) is 6.08 Å². The Morgan fingerprint density at radius 1 is 1.30 bits per heavy atom. The zero-order valence-electron chi connectivity index (χ0n) is 4.46. The molecule has 0 aromatic rings. The molecule has 0 atom stereocenters. The third-order valence-corrected chi connectivity index (χ3v) is 1.70. The third-order valence-electron chi connectivity index (χ3n) is 0.429. The second-order valence-electron chi connectivity index (χ2n) is 1.36. The van der Waals surface area contributed by atoms with Crippen molar-refractivity contribution in [2.45, 2.75) is 2.14 Å². The molecule has 7 heteroatoms. The molecule has 0 aliphatic rings. The van der Waals surface area contributed by atoms with Gasteiger partial charge < -0.3 is 0 Å². The average molecular weight is 359 g/mol. The molecule has 1 N–H and O–H groups in total. The van der Waals surface area contributed by atoms with Crippen molar-refractivity contribution in [1.29, 1.82) is 0 Å². The zero-order chi connectivity index (χ0) is 8.41. The highest BCUT2D eigenvalue weighted by Gasteiger charge is 2.13. The molecule has 0 saturated carbocycles. The summed E-state index contributed by atoms with van der Waals surface area (Å²) in [5, 5.41) is 0.658. The van der Waals surface area contributed by atoms with Crippen molar-refractivity contribution >= 4 is 57.9 Å². The lowest BCUT2D eigenvalue weighted by Crippen LogP contribution is -1.96. The Labute approximate surface area is 84.0 Å². The Bertz CT molecular complexity index is 224. The van der Waals surface area contributed by atoms with E-state index in [2.05, 4.69) is 47.8 Å². The van der Waals surface area contributed by atoms with Gasteiger partial charge in [0.15, 0.2) is 2.14 Å². The van der Waals surface area contributed by atoms with E-state index in [0.29, 0.717) is 5.41 Å².